The van der Waals surface area contributed by atoms with Crippen molar-refractivity contribution in [1.82, 2.24) is 0 Å². The highest BCUT2D eigenvalue weighted by Gasteiger charge is 2.23. The molecule has 0 aliphatic heterocycles. The Morgan fingerprint density at radius 1 is 1.04 bits per heavy atom. The molecule has 5 heteroatoms. The number of thioether (sulfide) groups is 1. The van der Waals surface area contributed by atoms with Gasteiger partial charge in [-0.1, -0.05) is 36.4 Å². The smallest absolute Gasteiger partial charge is 0.242 e. The molecule has 0 aliphatic rings. The van der Waals surface area contributed by atoms with Gasteiger partial charge in [-0.3, -0.25) is 4.79 Å². The van der Waals surface area contributed by atoms with Gasteiger partial charge in [0, 0.05) is 4.90 Å². The molecule has 1 atom stereocenters. The van der Waals surface area contributed by atoms with Crippen LogP contribution >= 0.6 is 11.8 Å². The number of aromatic hydroxyl groups is 1. The lowest BCUT2D eigenvalue weighted by Gasteiger charge is -2.18. The van der Waals surface area contributed by atoms with Gasteiger partial charge < -0.3 is 15.2 Å². The van der Waals surface area contributed by atoms with Crippen LogP contribution in [0.1, 0.15) is 16.4 Å². The molecule has 0 fully saturated rings. The van der Waals surface area contributed by atoms with Crippen molar-refractivity contribution in [2.75, 3.05) is 12.4 Å². The van der Waals surface area contributed by atoms with Gasteiger partial charge in [-0.05, 0) is 54.4 Å². The van der Waals surface area contributed by atoms with Crippen LogP contribution in [0.3, 0.4) is 0 Å². The van der Waals surface area contributed by atoms with E-state index in [-0.39, 0.29) is 11.7 Å². The van der Waals surface area contributed by atoms with E-state index in [1.54, 1.807) is 31.4 Å². The number of nitrogens with one attached hydrogen (secondary N) is 1. The van der Waals surface area contributed by atoms with Gasteiger partial charge in [0.2, 0.25) is 5.91 Å². The Hall–Kier alpha value is -2.92. The lowest BCUT2D eigenvalue weighted by Crippen LogP contribution is -2.19. The lowest BCUT2D eigenvalue weighted by molar-refractivity contribution is -0.115. The summed E-state index contributed by atoms with van der Waals surface area (Å²) in [5, 5.41) is 12.0. The molecule has 0 heterocycles. The van der Waals surface area contributed by atoms with Crippen LogP contribution in [0.5, 0.6) is 11.5 Å². The van der Waals surface area contributed by atoms with Crippen LogP contribution in [-0.4, -0.2) is 18.1 Å². The van der Waals surface area contributed by atoms with Gasteiger partial charge in [-0.2, -0.15) is 0 Å². The average molecular weight is 379 g/mol. The fourth-order valence-electron chi connectivity index (χ4n) is 2.68. The summed E-state index contributed by atoms with van der Waals surface area (Å²) in [6.45, 7) is 1.97. The van der Waals surface area contributed by atoms with Crippen molar-refractivity contribution in [3.05, 3.63) is 83.9 Å². The number of carbonyl (C=O) groups excluding carboxylic acids is 1. The number of amides is 1. The maximum Gasteiger partial charge on any atom is 0.242 e. The molecule has 27 heavy (non-hydrogen) atoms. The number of aryl methyl sites for hydroxylation is 1. The quantitative estimate of drug-likeness (QED) is 0.579. The molecule has 3 aromatic carbocycles. The monoisotopic (exact) mass is 379 g/mol. The van der Waals surface area contributed by atoms with E-state index < -0.39 is 5.25 Å². The molecule has 0 radical (unpaired) electrons. The molecular weight excluding hydrogens is 358 g/mol. The van der Waals surface area contributed by atoms with Crippen molar-refractivity contribution >= 4 is 23.4 Å². The van der Waals surface area contributed by atoms with Crippen molar-refractivity contribution in [2.45, 2.75) is 17.1 Å². The molecule has 1 unspecified atom stereocenters. The van der Waals surface area contributed by atoms with E-state index in [2.05, 4.69) is 5.32 Å². The predicted molar refractivity (Wildman–Crippen MR) is 110 cm³/mol. The van der Waals surface area contributed by atoms with Crippen LogP contribution in [-0.2, 0) is 4.79 Å². The van der Waals surface area contributed by atoms with Crippen LogP contribution in [0.15, 0.2) is 77.7 Å². The molecule has 0 spiro atoms. The molecule has 4 nitrogen and oxygen atoms in total. The normalized spacial score (nSPS) is 11.6. The zero-order valence-corrected chi connectivity index (χ0v) is 16.0. The Morgan fingerprint density at radius 2 is 1.74 bits per heavy atom. The highest BCUT2D eigenvalue weighted by atomic mass is 32.2. The second-order valence-electron chi connectivity index (χ2n) is 6.10. The van der Waals surface area contributed by atoms with Crippen molar-refractivity contribution in [3.8, 4) is 11.5 Å². The summed E-state index contributed by atoms with van der Waals surface area (Å²) in [7, 11) is 1.58. The summed E-state index contributed by atoms with van der Waals surface area (Å²) in [4.78, 5) is 14.0. The zero-order chi connectivity index (χ0) is 19.2. The minimum Gasteiger partial charge on any atom is -0.508 e. The van der Waals surface area contributed by atoms with Crippen LogP contribution in [0.4, 0.5) is 5.69 Å². The van der Waals surface area contributed by atoms with Gasteiger partial charge in [0.05, 0.1) is 12.8 Å². The van der Waals surface area contributed by atoms with E-state index >= 15 is 0 Å². The average Bonchev–Trinajstić information content (AvgIpc) is 2.68. The molecule has 2 N–H and O–H groups in total. The highest BCUT2D eigenvalue weighted by Crippen LogP contribution is 2.37. The molecule has 0 aliphatic carbocycles. The van der Waals surface area contributed by atoms with E-state index in [1.165, 1.54) is 11.8 Å². The van der Waals surface area contributed by atoms with Crippen molar-refractivity contribution in [3.63, 3.8) is 0 Å². The number of rotatable bonds is 6. The Balaban J connectivity index is 1.89. The van der Waals surface area contributed by atoms with E-state index in [1.807, 2.05) is 55.5 Å². The number of phenolic OH excluding ortho intramolecular Hbond substituents is 1. The Kier molecular flexibility index (Phi) is 6.04. The Bertz CT molecular complexity index is 911. The minimum atomic E-state index is -0.444. The first-order chi connectivity index (χ1) is 13.1. The molecule has 0 saturated carbocycles. The van der Waals surface area contributed by atoms with Gasteiger partial charge in [-0.15, -0.1) is 11.8 Å². The zero-order valence-electron chi connectivity index (χ0n) is 15.2. The van der Waals surface area contributed by atoms with Gasteiger partial charge in [0.15, 0.2) is 0 Å². The lowest BCUT2D eigenvalue weighted by atomic mass is 10.1. The Labute approximate surface area is 163 Å². The maximum absolute atomic E-state index is 13.1. The van der Waals surface area contributed by atoms with Gasteiger partial charge in [-0.25, -0.2) is 0 Å². The van der Waals surface area contributed by atoms with E-state index in [4.69, 9.17) is 4.74 Å². The first kappa shape index (κ1) is 18.9. The Morgan fingerprint density at radius 3 is 2.41 bits per heavy atom. The third kappa shape index (κ3) is 4.83. The first-order valence-electron chi connectivity index (χ1n) is 8.53. The van der Waals surface area contributed by atoms with Crippen LogP contribution < -0.4 is 10.1 Å². The summed E-state index contributed by atoms with van der Waals surface area (Å²) >= 11 is 1.43. The second-order valence-corrected chi connectivity index (χ2v) is 7.27. The van der Waals surface area contributed by atoms with Crippen molar-refractivity contribution in [2.24, 2.45) is 0 Å². The number of carbonyl (C=O) groups is 1. The molecule has 0 bridgehead atoms. The maximum atomic E-state index is 13.1. The van der Waals surface area contributed by atoms with Gasteiger partial charge in [0.25, 0.3) is 0 Å². The number of phenols is 1. The minimum absolute atomic E-state index is 0.136. The largest absolute Gasteiger partial charge is 0.508 e. The number of methoxy groups -OCH3 is 1. The van der Waals surface area contributed by atoms with E-state index in [9.17, 15) is 9.90 Å². The second kappa shape index (κ2) is 8.64. The third-order valence-electron chi connectivity index (χ3n) is 4.04. The summed E-state index contributed by atoms with van der Waals surface area (Å²) < 4.78 is 5.37. The van der Waals surface area contributed by atoms with E-state index in [0.717, 1.165) is 16.0 Å². The highest BCUT2D eigenvalue weighted by molar-refractivity contribution is 8.00. The van der Waals surface area contributed by atoms with Gasteiger partial charge in [0.1, 0.15) is 16.7 Å². The standard InChI is InChI=1S/C22H21NO3S/c1-15-8-13-20(26-2)19(14-15)23-22(25)21(16-6-4-3-5-7-16)27-18-11-9-17(24)10-12-18/h3-14,21,24H,1-2H3,(H,23,25). The number of hydrogen-bond acceptors (Lipinski definition) is 4. The van der Waals surface area contributed by atoms with E-state index in [0.29, 0.717) is 11.4 Å². The molecule has 0 saturated heterocycles. The molecule has 138 valence electrons. The fraction of sp³-hybridized carbons (Fsp3) is 0.136. The topological polar surface area (TPSA) is 58.6 Å². The SMILES string of the molecule is COc1ccc(C)cc1NC(=O)C(Sc1ccc(O)cc1)c1ccccc1. The van der Waals surface area contributed by atoms with Gasteiger partial charge >= 0.3 is 0 Å². The van der Waals surface area contributed by atoms with Crippen molar-refractivity contribution in [1.29, 1.82) is 0 Å². The fourth-order valence-corrected chi connectivity index (χ4v) is 3.70. The van der Waals surface area contributed by atoms with Crippen LogP contribution in [0.2, 0.25) is 0 Å². The third-order valence-corrected chi connectivity index (χ3v) is 5.31. The van der Waals surface area contributed by atoms with Crippen molar-refractivity contribution < 1.29 is 14.6 Å². The summed E-state index contributed by atoms with van der Waals surface area (Å²) in [6.07, 6.45) is 0. The number of hydrogen-bond donors (Lipinski definition) is 2. The number of anilines is 1. The molecule has 1 amide bonds. The predicted octanol–water partition coefficient (Wildman–Crippen LogP) is 5.18. The van der Waals surface area contributed by atoms with Crippen LogP contribution in [0.25, 0.3) is 0 Å². The van der Waals surface area contributed by atoms with Crippen LogP contribution in [0, 0.1) is 6.92 Å². The molecule has 0 aromatic heterocycles. The summed E-state index contributed by atoms with van der Waals surface area (Å²) in [6, 6.07) is 22.1. The number of ether oxygens (including phenoxy) is 1. The molecule has 3 aromatic rings. The summed E-state index contributed by atoms with van der Waals surface area (Å²) in [5.74, 6) is 0.683. The number of benzene rings is 3. The molecule has 3 rings (SSSR count). The first-order valence-corrected chi connectivity index (χ1v) is 9.41. The molecular formula is C22H21NO3S. The summed E-state index contributed by atoms with van der Waals surface area (Å²) in [5.41, 5.74) is 2.59.